The fourth-order valence-electron chi connectivity index (χ4n) is 0.415. The summed E-state index contributed by atoms with van der Waals surface area (Å²) in [5, 5.41) is 0.794. The average Bonchev–Trinajstić information content (AvgIpc) is 2.06. The van der Waals surface area contributed by atoms with Crippen LogP contribution in [0.3, 0.4) is 0 Å². The summed E-state index contributed by atoms with van der Waals surface area (Å²) >= 11 is 9.75. The van der Waals surface area contributed by atoms with Crippen LogP contribution in [-0.2, 0) is 8.64 Å². The van der Waals surface area contributed by atoms with Crippen molar-refractivity contribution < 1.29 is 18.4 Å². The van der Waals surface area contributed by atoms with Gasteiger partial charge in [0, 0.05) is 5.02 Å². The zero-order valence-electron chi connectivity index (χ0n) is 6.30. The van der Waals surface area contributed by atoms with E-state index in [1.807, 2.05) is 30.3 Å². The van der Waals surface area contributed by atoms with Gasteiger partial charge in [0.2, 0.25) is 0 Å². The van der Waals surface area contributed by atoms with Crippen molar-refractivity contribution in [2.24, 2.45) is 0 Å². The van der Waals surface area contributed by atoms with E-state index in [2.05, 4.69) is 15.9 Å². The average molecular weight is 245 g/mol. The lowest BCUT2D eigenvalue weighted by molar-refractivity contribution is 0.292. The van der Waals surface area contributed by atoms with E-state index in [0.29, 0.717) is 0 Å². The molecule has 0 fully saturated rings. The van der Waals surface area contributed by atoms with Gasteiger partial charge in [-0.25, -0.2) is 4.57 Å². The molecule has 1 rings (SSSR count). The van der Waals surface area contributed by atoms with Crippen molar-refractivity contribution in [2.45, 2.75) is 0 Å². The predicted octanol–water partition coefficient (Wildman–Crippen LogP) is 2.59. The smallest absolute Gasteiger partial charge is 0.302 e. The summed E-state index contributed by atoms with van der Waals surface area (Å²) in [6.45, 7) is 0. The van der Waals surface area contributed by atoms with Crippen LogP contribution in [0.5, 0.6) is 0 Å². The van der Waals surface area contributed by atoms with Gasteiger partial charge < -0.3 is 9.79 Å². The van der Waals surface area contributed by atoms with Gasteiger partial charge in [-0.15, -0.1) is 0 Å². The van der Waals surface area contributed by atoms with E-state index in [9.17, 15) is 4.57 Å². The first-order valence-electron chi connectivity index (χ1n) is 3.02. The Bertz CT molecular complexity index is 273. The Morgan fingerprint density at radius 2 is 1.62 bits per heavy atom. The number of hydrogen-bond acceptors (Lipinski definition) is 2. The fourth-order valence-corrected chi connectivity index (χ4v) is 0.560. The van der Waals surface area contributed by atoms with Crippen LogP contribution >= 0.6 is 31.3 Å². The molecule has 4 nitrogen and oxygen atoms in total. The Balaban J connectivity index is 0.000000226. The van der Waals surface area contributed by atoms with Gasteiger partial charge in [0.25, 0.3) is 0 Å². The molecule has 0 heterocycles. The third-order valence-corrected chi connectivity index (χ3v) is 1.79. The van der Waals surface area contributed by atoms with Crippen LogP contribution in [0.4, 0.5) is 0 Å². The Kier molecular flexibility index (Phi) is 6.33. The van der Waals surface area contributed by atoms with E-state index < -0.39 is 7.82 Å². The molecule has 0 aliphatic carbocycles. The first kappa shape index (κ1) is 12.9. The minimum absolute atomic E-state index is 0.794. The zero-order valence-corrected chi connectivity index (χ0v) is 8.71. The molecule has 0 aliphatic rings. The van der Waals surface area contributed by atoms with Crippen molar-refractivity contribution in [1.82, 2.24) is 0 Å². The van der Waals surface area contributed by atoms with E-state index in [4.69, 9.17) is 21.4 Å². The van der Waals surface area contributed by atoms with Gasteiger partial charge in [0.05, 0.1) is 11.9 Å². The summed E-state index contributed by atoms with van der Waals surface area (Å²) in [5.74, 6) is 0. The standard InChI is InChI=1S/C6H5Cl.ClH2O4P/c7-6-4-2-1-3-5-6;1-5-6(2,3)4/h1-5H;(H2,2,3,4). The van der Waals surface area contributed by atoms with Gasteiger partial charge in [-0.05, 0) is 12.1 Å². The molecule has 7 heteroatoms. The highest BCUT2D eigenvalue weighted by Gasteiger charge is 2.10. The van der Waals surface area contributed by atoms with Gasteiger partial charge >= 0.3 is 7.82 Å². The Morgan fingerprint density at radius 1 is 1.23 bits per heavy atom. The van der Waals surface area contributed by atoms with Crippen molar-refractivity contribution in [3.8, 4) is 0 Å². The molecule has 0 saturated carbocycles. The molecule has 0 saturated heterocycles. The van der Waals surface area contributed by atoms with E-state index in [-0.39, 0.29) is 0 Å². The summed E-state index contributed by atoms with van der Waals surface area (Å²) in [6, 6.07) is 9.44. The van der Waals surface area contributed by atoms with Gasteiger partial charge in [-0.3, -0.25) is 0 Å². The van der Waals surface area contributed by atoms with Gasteiger partial charge in [-0.1, -0.05) is 29.8 Å². The lowest BCUT2D eigenvalue weighted by atomic mass is 10.4. The van der Waals surface area contributed by atoms with Crippen LogP contribution in [0.15, 0.2) is 30.3 Å². The highest BCUT2D eigenvalue weighted by molar-refractivity contribution is 7.47. The van der Waals surface area contributed by atoms with Gasteiger partial charge in [-0.2, -0.15) is 4.08 Å². The minimum atomic E-state index is -4.38. The second-order valence-corrected chi connectivity index (χ2v) is 3.82. The van der Waals surface area contributed by atoms with Crippen molar-refractivity contribution in [2.75, 3.05) is 0 Å². The van der Waals surface area contributed by atoms with Crippen LogP contribution in [0.25, 0.3) is 0 Å². The Hall–Kier alpha value is -0.0900. The highest BCUT2D eigenvalue weighted by Crippen LogP contribution is 2.36. The Morgan fingerprint density at radius 3 is 1.77 bits per heavy atom. The molecule has 0 aromatic heterocycles. The fraction of sp³-hybridized carbons (Fsp3) is 0. The van der Waals surface area contributed by atoms with Crippen molar-refractivity contribution in [1.29, 1.82) is 0 Å². The van der Waals surface area contributed by atoms with Crippen molar-refractivity contribution in [3.05, 3.63) is 35.4 Å². The molecular formula is C6H7Cl2O4P. The molecule has 0 unspecified atom stereocenters. The molecule has 74 valence electrons. The second-order valence-electron chi connectivity index (χ2n) is 1.86. The quantitative estimate of drug-likeness (QED) is 0.746. The molecule has 1 aromatic rings. The topological polar surface area (TPSA) is 66.8 Å². The van der Waals surface area contributed by atoms with E-state index >= 15 is 0 Å². The first-order chi connectivity index (χ1) is 5.95. The maximum atomic E-state index is 9.34. The number of hydrogen-bond donors (Lipinski definition) is 2. The molecule has 0 bridgehead atoms. The van der Waals surface area contributed by atoms with E-state index in [1.165, 1.54) is 0 Å². The molecule has 0 radical (unpaired) electrons. The molecule has 0 aliphatic heterocycles. The highest BCUT2D eigenvalue weighted by atomic mass is 35.5. The van der Waals surface area contributed by atoms with Crippen molar-refractivity contribution in [3.63, 3.8) is 0 Å². The normalized spacial score (nSPS) is 10.2. The minimum Gasteiger partial charge on any atom is -0.302 e. The number of rotatable bonds is 1. The summed E-state index contributed by atoms with van der Waals surface area (Å²) in [6.07, 6.45) is 0. The second kappa shape index (κ2) is 6.38. The largest absolute Gasteiger partial charge is 0.486 e. The number of benzene rings is 1. The Labute approximate surface area is 85.5 Å². The molecule has 1 aromatic carbocycles. The lowest BCUT2D eigenvalue weighted by Gasteiger charge is -1.89. The third kappa shape index (κ3) is 9.83. The molecular weight excluding hydrogens is 238 g/mol. The van der Waals surface area contributed by atoms with Crippen LogP contribution in [0.2, 0.25) is 5.02 Å². The SMILES string of the molecule is Clc1ccccc1.O=P(O)(O)OCl. The molecule has 2 N–H and O–H groups in total. The number of halogens is 2. The summed E-state index contributed by atoms with van der Waals surface area (Å²) in [5.41, 5.74) is 0. The summed E-state index contributed by atoms with van der Waals surface area (Å²) in [7, 11) is -4.38. The maximum absolute atomic E-state index is 9.34. The number of phosphoric acid groups is 1. The van der Waals surface area contributed by atoms with Gasteiger partial charge in [0.15, 0.2) is 0 Å². The van der Waals surface area contributed by atoms with E-state index in [1.54, 1.807) is 0 Å². The van der Waals surface area contributed by atoms with Crippen LogP contribution in [0.1, 0.15) is 0 Å². The summed E-state index contributed by atoms with van der Waals surface area (Å²) in [4.78, 5) is 15.2. The molecule has 0 amide bonds. The van der Waals surface area contributed by atoms with Crippen LogP contribution in [0, 0.1) is 0 Å². The van der Waals surface area contributed by atoms with Crippen molar-refractivity contribution >= 4 is 31.3 Å². The monoisotopic (exact) mass is 244 g/mol. The maximum Gasteiger partial charge on any atom is 0.486 e. The third-order valence-electron chi connectivity index (χ3n) is 0.823. The zero-order chi connectivity index (χ0) is 10.3. The predicted molar refractivity (Wildman–Crippen MR) is 50.4 cm³/mol. The lowest BCUT2D eigenvalue weighted by Crippen LogP contribution is -1.70. The van der Waals surface area contributed by atoms with Crippen LogP contribution < -0.4 is 0 Å². The van der Waals surface area contributed by atoms with Crippen LogP contribution in [-0.4, -0.2) is 9.79 Å². The molecule has 0 atom stereocenters. The van der Waals surface area contributed by atoms with Gasteiger partial charge in [0.1, 0.15) is 0 Å². The molecule has 0 spiro atoms. The summed E-state index contributed by atoms with van der Waals surface area (Å²) < 4.78 is 12.4. The molecule has 13 heavy (non-hydrogen) atoms. The van der Waals surface area contributed by atoms with E-state index in [0.717, 1.165) is 5.02 Å². The first-order valence-corrected chi connectivity index (χ1v) is 5.24.